The maximum absolute atomic E-state index is 13.9. The van der Waals surface area contributed by atoms with Crippen LogP contribution >= 0.6 is 0 Å². The first-order chi connectivity index (χ1) is 26.8. The van der Waals surface area contributed by atoms with Gasteiger partial charge in [0.2, 0.25) is 11.7 Å². The monoisotopic (exact) mass is 762 g/mol. The number of nitrogens with one attached hydrogen (secondary N) is 2. The number of methoxy groups -OCH3 is 1. The number of amidine groups is 1. The topological polar surface area (TPSA) is 204 Å². The zero-order chi connectivity index (χ0) is 39.4. The molecule has 9 rings (SSSR count). The highest BCUT2D eigenvalue weighted by molar-refractivity contribution is 5.98. The van der Waals surface area contributed by atoms with Gasteiger partial charge in [-0.05, 0) is 68.4 Å². The first kappa shape index (κ1) is 35.7. The lowest BCUT2D eigenvalue weighted by Crippen LogP contribution is -2.52. The van der Waals surface area contributed by atoms with E-state index >= 15 is 0 Å². The van der Waals surface area contributed by atoms with Gasteiger partial charge in [-0.3, -0.25) is 14.9 Å². The van der Waals surface area contributed by atoms with Crippen molar-refractivity contribution in [2.75, 3.05) is 18.2 Å². The minimum Gasteiger partial charge on any atom is -0.494 e. The van der Waals surface area contributed by atoms with E-state index < -0.39 is 17.9 Å². The molecular formula is C38H33F3N12O3. The molecule has 18 heteroatoms. The van der Waals surface area contributed by atoms with Gasteiger partial charge in [-0.15, -0.1) is 8.78 Å². The van der Waals surface area contributed by atoms with Crippen molar-refractivity contribution in [3.05, 3.63) is 120 Å². The average Bonchev–Trinajstić information content (AvgIpc) is 3.78. The van der Waals surface area contributed by atoms with Crippen LogP contribution in [-0.2, 0) is 5.79 Å². The van der Waals surface area contributed by atoms with E-state index in [1.807, 2.05) is 71.5 Å². The molecule has 56 heavy (non-hydrogen) atoms. The molecule has 0 aliphatic carbocycles. The van der Waals surface area contributed by atoms with E-state index in [2.05, 4.69) is 45.0 Å². The quantitative estimate of drug-likeness (QED) is 0.137. The van der Waals surface area contributed by atoms with Crippen molar-refractivity contribution in [3.63, 3.8) is 0 Å². The van der Waals surface area contributed by atoms with Crippen molar-refractivity contribution in [3.8, 4) is 23.1 Å². The van der Waals surface area contributed by atoms with Crippen LogP contribution in [0.4, 0.5) is 30.6 Å². The number of nitrogens with zero attached hydrogens (tertiary/aromatic N) is 7. The Morgan fingerprint density at radius 1 is 0.786 bits per heavy atom. The fourth-order valence-electron chi connectivity index (χ4n) is 6.46. The minimum atomic E-state index is -3.72. The van der Waals surface area contributed by atoms with Crippen LogP contribution in [0.15, 0.2) is 102 Å². The summed E-state index contributed by atoms with van der Waals surface area (Å²) in [5.41, 5.74) is 22.8. The molecule has 1 atom stereocenters. The Hall–Kier alpha value is -7.34. The largest absolute Gasteiger partial charge is 0.586 e. The molecule has 1 unspecified atom stereocenters. The Kier molecular flexibility index (Phi) is 8.60. The molecule has 7 aromatic rings. The second kappa shape index (κ2) is 13.5. The number of anilines is 3. The third kappa shape index (κ3) is 6.68. The van der Waals surface area contributed by atoms with Crippen molar-refractivity contribution in [1.82, 2.24) is 34.4 Å². The van der Waals surface area contributed by atoms with E-state index in [0.717, 1.165) is 27.9 Å². The van der Waals surface area contributed by atoms with Gasteiger partial charge < -0.3 is 36.3 Å². The van der Waals surface area contributed by atoms with Crippen LogP contribution in [0.2, 0.25) is 0 Å². The predicted molar refractivity (Wildman–Crippen MR) is 204 cm³/mol. The molecular weight excluding hydrogens is 729 g/mol. The molecule has 0 radical (unpaired) electrons. The van der Waals surface area contributed by atoms with Gasteiger partial charge in [0.25, 0.3) is 0 Å². The van der Waals surface area contributed by atoms with Gasteiger partial charge in [-0.25, -0.2) is 19.4 Å². The van der Waals surface area contributed by atoms with Gasteiger partial charge in [0.1, 0.15) is 34.9 Å². The Balaban J connectivity index is 0.000000158. The van der Waals surface area contributed by atoms with Crippen molar-refractivity contribution in [1.29, 1.82) is 0 Å². The highest BCUT2D eigenvalue weighted by Crippen LogP contribution is 2.43. The smallest absolute Gasteiger partial charge is 0.494 e. The van der Waals surface area contributed by atoms with Crippen molar-refractivity contribution < 1.29 is 27.4 Å². The first-order valence-corrected chi connectivity index (χ1v) is 17.0. The number of imidazole rings is 2. The minimum absolute atomic E-state index is 0.0812. The third-order valence-corrected chi connectivity index (χ3v) is 8.82. The third-order valence-electron chi connectivity index (χ3n) is 8.82. The molecule has 0 spiro atoms. The summed E-state index contributed by atoms with van der Waals surface area (Å²) in [6.07, 6.45) is -2.09. The molecule has 0 saturated heterocycles. The van der Waals surface area contributed by atoms with Crippen molar-refractivity contribution >= 4 is 51.2 Å². The van der Waals surface area contributed by atoms with Gasteiger partial charge in [-0.1, -0.05) is 24.3 Å². The van der Waals surface area contributed by atoms with Crippen LogP contribution in [0, 0.1) is 19.7 Å². The second-order valence-corrected chi connectivity index (χ2v) is 12.7. The van der Waals surface area contributed by atoms with Gasteiger partial charge in [0.15, 0.2) is 23.1 Å². The molecule has 0 bridgehead atoms. The van der Waals surface area contributed by atoms with E-state index in [-0.39, 0.29) is 34.9 Å². The predicted octanol–water partition coefficient (Wildman–Crippen LogP) is 5.79. The van der Waals surface area contributed by atoms with Crippen LogP contribution < -0.4 is 42.0 Å². The summed E-state index contributed by atoms with van der Waals surface area (Å²) in [5, 5.41) is 6.11. The van der Waals surface area contributed by atoms with E-state index in [1.54, 1.807) is 18.2 Å². The number of nitrogens with two attached hydrogens (primary N) is 3. The number of aliphatic imine (C=N–C) groups is 1. The van der Waals surface area contributed by atoms with E-state index in [9.17, 15) is 13.2 Å². The van der Waals surface area contributed by atoms with Crippen LogP contribution in [0.1, 0.15) is 17.2 Å². The molecule has 4 aromatic carbocycles. The number of aromatic nitrogens is 6. The molecule has 0 fully saturated rings. The molecule has 0 amide bonds. The maximum atomic E-state index is 13.9. The summed E-state index contributed by atoms with van der Waals surface area (Å²) in [6.45, 7) is 3.75. The molecule has 8 N–H and O–H groups in total. The molecule has 284 valence electrons. The summed E-state index contributed by atoms with van der Waals surface area (Å²) in [5.74, 6) is 1.28. The summed E-state index contributed by atoms with van der Waals surface area (Å²) >= 11 is 0. The first-order valence-electron chi connectivity index (χ1n) is 17.0. The van der Waals surface area contributed by atoms with Crippen LogP contribution in [0.3, 0.4) is 0 Å². The standard InChI is InChI=1S/C19H16F2N6O2.C19H17FN6O/c1-10-24-12-4-2-3-5-13(12)27(10)17-9-16(22)25-18(23,26-17)11-6-7-14-15(8-11)29-19(20,21)28-14;1-11-22-14-5-3-4-6-15(14)26(11)18-10-17(21)24-19(25-18)23-12-7-8-16(27-2)13(20)9-12/h2-9,26H,23H2,1H3,(H2,22,25);3-10H,1-2H3,(H3,21,23,24,25). The number of hydrogen-bond acceptors (Lipinski definition) is 13. The van der Waals surface area contributed by atoms with Crippen LogP contribution in [0.25, 0.3) is 33.7 Å². The normalized spacial score (nSPS) is 16.8. The van der Waals surface area contributed by atoms with Gasteiger partial charge >= 0.3 is 6.29 Å². The SMILES string of the molecule is COc1ccc(Nc2nc(N)cc(-n3c(C)nc4ccccc43)n2)cc1F.Cc1nc2ccccc2n1C1=CC(N)=NC(N)(c2ccc3c(c2)OC(F)(F)O3)N1. The number of fused-ring (bicyclic) bond motifs is 3. The lowest BCUT2D eigenvalue weighted by molar-refractivity contribution is -0.286. The Morgan fingerprint density at radius 3 is 2.14 bits per heavy atom. The second-order valence-electron chi connectivity index (χ2n) is 12.7. The number of ether oxygens (including phenoxy) is 3. The van der Waals surface area contributed by atoms with Crippen LogP contribution in [0.5, 0.6) is 17.2 Å². The van der Waals surface area contributed by atoms with E-state index in [4.69, 9.17) is 21.9 Å². The Labute approximate surface area is 316 Å². The Morgan fingerprint density at radius 2 is 1.45 bits per heavy atom. The molecule has 5 heterocycles. The van der Waals surface area contributed by atoms with Gasteiger partial charge in [0.05, 0.1) is 29.2 Å². The number of alkyl halides is 2. The number of hydrogen-bond donors (Lipinski definition) is 5. The molecule has 2 aliphatic heterocycles. The zero-order valence-corrected chi connectivity index (χ0v) is 30.0. The number of benzene rings is 4. The highest BCUT2D eigenvalue weighted by atomic mass is 19.3. The van der Waals surface area contributed by atoms with Crippen LogP contribution in [-0.4, -0.2) is 48.3 Å². The summed E-state index contributed by atoms with van der Waals surface area (Å²) < 4.78 is 58.3. The number of rotatable bonds is 6. The number of aryl methyl sites for hydroxylation is 2. The number of nitrogen functional groups attached to an aromatic ring is 1. The van der Waals surface area contributed by atoms with Gasteiger partial charge in [0, 0.05) is 29.5 Å². The summed E-state index contributed by atoms with van der Waals surface area (Å²) in [4.78, 5) is 22.1. The Bertz CT molecular complexity index is 2730. The summed E-state index contributed by atoms with van der Waals surface area (Å²) in [7, 11) is 1.41. The summed E-state index contributed by atoms with van der Waals surface area (Å²) in [6, 6.07) is 25.8. The lowest BCUT2D eigenvalue weighted by Gasteiger charge is -2.33. The van der Waals surface area contributed by atoms with Crippen molar-refractivity contribution in [2.45, 2.75) is 25.9 Å². The molecule has 0 saturated carbocycles. The fourth-order valence-corrected chi connectivity index (χ4v) is 6.46. The molecule has 2 aliphatic rings. The zero-order valence-electron chi connectivity index (χ0n) is 30.0. The van der Waals surface area contributed by atoms with E-state index in [0.29, 0.717) is 28.7 Å². The molecule has 3 aromatic heterocycles. The van der Waals surface area contributed by atoms with Gasteiger partial charge in [-0.2, -0.15) is 9.97 Å². The highest BCUT2D eigenvalue weighted by Gasteiger charge is 2.44. The number of para-hydroxylation sites is 4. The maximum Gasteiger partial charge on any atom is 0.586 e. The fraction of sp³-hybridized carbons (Fsp3) is 0.132. The average molecular weight is 763 g/mol. The lowest BCUT2D eigenvalue weighted by atomic mass is 10.1. The number of halogens is 3. The van der Waals surface area contributed by atoms with Crippen molar-refractivity contribution in [2.24, 2.45) is 16.5 Å². The molecule has 15 nitrogen and oxygen atoms in total. The van der Waals surface area contributed by atoms with E-state index in [1.165, 1.54) is 37.4 Å².